The van der Waals surface area contributed by atoms with Crippen LogP contribution in [0.4, 0.5) is 4.79 Å². The van der Waals surface area contributed by atoms with Crippen LogP contribution < -0.4 is 5.32 Å². The minimum atomic E-state index is -0.818. The third kappa shape index (κ3) is 6.45. The summed E-state index contributed by atoms with van der Waals surface area (Å²) in [6.45, 7) is 5.13. The van der Waals surface area contributed by atoms with Gasteiger partial charge in [0.2, 0.25) is 5.91 Å². The lowest BCUT2D eigenvalue weighted by atomic mass is 9.77. The van der Waals surface area contributed by atoms with Crippen LogP contribution in [0.3, 0.4) is 0 Å². The number of ether oxygens (including phenoxy) is 1. The summed E-state index contributed by atoms with van der Waals surface area (Å²) in [4.78, 5) is 35.8. The molecule has 1 aromatic carbocycles. The maximum absolute atomic E-state index is 12.3. The molecule has 26 heavy (non-hydrogen) atoms. The number of benzene rings is 1. The molecule has 0 aliphatic heterocycles. The SMILES string of the molecule is CC(C)(C)OC(=O)NC(=O)CC(=O)C1CCC(c2ccc(Cl)cc2)CC1. The first-order valence-corrected chi connectivity index (χ1v) is 9.33. The summed E-state index contributed by atoms with van der Waals surface area (Å²) in [6, 6.07) is 7.83. The summed E-state index contributed by atoms with van der Waals surface area (Å²) in [5.41, 5.74) is 0.553. The Morgan fingerprint density at radius 2 is 1.65 bits per heavy atom. The number of Topliss-reactive ketones (excluding diaryl/α,β-unsaturated/α-hetero) is 1. The van der Waals surface area contributed by atoms with E-state index in [0.717, 1.165) is 25.7 Å². The van der Waals surface area contributed by atoms with Crippen molar-refractivity contribution in [3.63, 3.8) is 0 Å². The zero-order valence-electron chi connectivity index (χ0n) is 15.5. The van der Waals surface area contributed by atoms with Crippen molar-refractivity contribution in [3.05, 3.63) is 34.9 Å². The number of ketones is 1. The molecule has 1 N–H and O–H groups in total. The van der Waals surface area contributed by atoms with Gasteiger partial charge in [-0.3, -0.25) is 14.9 Å². The van der Waals surface area contributed by atoms with Gasteiger partial charge in [0.05, 0.1) is 6.42 Å². The Hall–Kier alpha value is -1.88. The Labute approximate surface area is 159 Å². The molecule has 1 fully saturated rings. The zero-order chi connectivity index (χ0) is 19.3. The van der Waals surface area contributed by atoms with Crippen LogP contribution in [0.5, 0.6) is 0 Å². The number of carbonyl (C=O) groups excluding carboxylic acids is 3. The average molecular weight is 380 g/mol. The standard InChI is InChI=1S/C20H26ClNO4/c1-20(2,3)26-19(25)22-18(24)12-17(23)15-6-4-13(5-7-15)14-8-10-16(21)11-9-14/h8-11,13,15H,4-7,12H2,1-3H3,(H,22,24,25). The molecule has 0 bridgehead atoms. The maximum atomic E-state index is 12.3. The van der Waals surface area contributed by atoms with Gasteiger partial charge in [0.25, 0.3) is 0 Å². The van der Waals surface area contributed by atoms with Crippen LogP contribution in [-0.2, 0) is 14.3 Å². The van der Waals surface area contributed by atoms with E-state index in [1.54, 1.807) is 20.8 Å². The van der Waals surface area contributed by atoms with Crippen LogP contribution >= 0.6 is 11.6 Å². The van der Waals surface area contributed by atoms with Crippen LogP contribution in [0.1, 0.15) is 64.4 Å². The van der Waals surface area contributed by atoms with Crippen LogP contribution in [0.2, 0.25) is 5.02 Å². The maximum Gasteiger partial charge on any atom is 0.414 e. The Bertz CT molecular complexity index is 655. The summed E-state index contributed by atoms with van der Waals surface area (Å²) in [5, 5.41) is 2.83. The first-order chi connectivity index (χ1) is 12.1. The number of nitrogens with one attached hydrogen (secondary N) is 1. The van der Waals surface area contributed by atoms with E-state index < -0.39 is 17.6 Å². The topological polar surface area (TPSA) is 72.5 Å². The average Bonchev–Trinajstić information content (AvgIpc) is 2.53. The van der Waals surface area contributed by atoms with Crippen molar-refractivity contribution >= 4 is 29.4 Å². The fraction of sp³-hybridized carbons (Fsp3) is 0.550. The number of hydrogen-bond donors (Lipinski definition) is 1. The lowest BCUT2D eigenvalue weighted by Crippen LogP contribution is -2.38. The second-order valence-corrected chi connectivity index (χ2v) is 8.23. The van der Waals surface area contributed by atoms with Crippen molar-refractivity contribution in [2.45, 2.75) is 64.4 Å². The molecule has 2 amide bonds. The molecule has 0 radical (unpaired) electrons. The summed E-state index contributed by atoms with van der Waals surface area (Å²) in [5.74, 6) is -0.417. The molecule has 2 rings (SSSR count). The van der Waals surface area contributed by atoms with Gasteiger partial charge >= 0.3 is 6.09 Å². The second kappa shape index (κ2) is 8.67. The van der Waals surface area contributed by atoms with Crippen LogP contribution in [0.15, 0.2) is 24.3 Å². The summed E-state index contributed by atoms with van der Waals surface area (Å²) < 4.78 is 5.02. The molecule has 0 spiro atoms. The predicted molar refractivity (Wildman–Crippen MR) is 100 cm³/mol. The normalized spacial score (nSPS) is 20.3. The number of hydrogen-bond acceptors (Lipinski definition) is 4. The molecular weight excluding hydrogens is 354 g/mol. The highest BCUT2D eigenvalue weighted by atomic mass is 35.5. The highest BCUT2D eigenvalue weighted by Gasteiger charge is 2.28. The van der Waals surface area contributed by atoms with Gasteiger partial charge in [-0.25, -0.2) is 4.79 Å². The Morgan fingerprint density at radius 3 is 2.19 bits per heavy atom. The van der Waals surface area contributed by atoms with Gasteiger partial charge in [0.1, 0.15) is 11.4 Å². The molecule has 0 unspecified atom stereocenters. The van der Waals surface area contributed by atoms with Crippen LogP contribution in [0, 0.1) is 5.92 Å². The largest absolute Gasteiger partial charge is 0.444 e. The van der Waals surface area contributed by atoms with Gasteiger partial charge in [-0.2, -0.15) is 0 Å². The molecule has 5 nitrogen and oxygen atoms in total. The van der Waals surface area contributed by atoms with E-state index in [-0.39, 0.29) is 18.1 Å². The van der Waals surface area contributed by atoms with E-state index in [1.165, 1.54) is 5.56 Å². The Kier molecular flexibility index (Phi) is 6.81. The summed E-state index contributed by atoms with van der Waals surface area (Å²) in [6.07, 6.45) is 2.23. The lowest BCUT2D eigenvalue weighted by Gasteiger charge is -2.28. The van der Waals surface area contributed by atoms with E-state index in [2.05, 4.69) is 5.32 Å². The molecule has 1 aromatic rings. The molecule has 1 aliphatic rings. The van der Waals surface area contributed by atoms with E-state index in [0.29, 0.717) is 10.9 Å². The van der Waals surface area contributed by atoms with Crippen molar-refractivity contribution in [1.29, 1.82) is 0 Å². The van der Waals surface area contributed by atoms with Gasteiger partial charge in [0.15, 0.2) is 0 Å². The zero-order valence-corrected chi connectivity index (χ0v) is 16.3. The number of alkyl carbamates (subject to hydrolysis) is 1. The minimum absolute atomic E-state index is 0.111. The smallest absolute Gasteiger partial charge is 0.414 e. The molecule has 0 atom stereocenters. The highest BCUT2D eigenvalue weighted by Crippen LogP contribution is 2.36. The minimum Gasteiger partial charge on any atom is -0.444 e. The molecular formula is C20H26ClNO4. The monoisotopic (exact) mass is 379 g/mol. The van der Waals surface area contributed by atoms with Gasteiger partial charge in [0, 0.05) is 10.9 Å². The van der Waals surface area contributed by atoms with E-state index in [4.69, 9.17) is 16.3 Å². The predicted octanol–water partition coefficient (Wildman–Crippen LogP) is 4.62. The fourth-order valence-electron chi connectivity index (χ4n) is 3.25. The number of imide groups is 1. The molecule has 0 saturated heterocycles. The second-order valence-electron chi connectivity index (χ2n) is 7.79. The van der Waals surface area contributed by atoms with Crippen molar-refractivity contribution in [2.75, 3.05) is 0 Å². The first kappa shape index (κ1) is 20.4. The molecule has 1 aliphatic carbocycles. The molecule has 0 aromatic heterocycles. The lowest BCUT2D eigenvalue weighted by molar-refractivity contribution is -0.130. The Morgan fingerprint density at radius 1 is 1.08 bits per heavy atom. The molecule has 142 valence electrons. The van der Waals surface area contributed by atoms with E-state index in [9.17, 15) is 14.4 Å². The molecule has 1 saturated carbocycles. The van der Waals surface area contributed by atoms with Gasteiger partial charge in [-0.1, -0.05) is 23.7 Å². The fourth-order valence-corrected chi connectivity index (χ4v) is 3.37. The molecule has 0 heterocycles. The highest BCUT2D eigenvalue weighted by molar-refractivity contribution is 6.30. The Balaban J connectivity index is 1.78. The van der Waals surface area contributed by atoms with Crippen molar-refractivity contribution in [1.82, 2.24) is 5.32 Å². The molecule has 6 heteroatoms. The number of carbonyl (C=O) groups is 3. The van der Waals surface area contributed by atoms with Gasteiger partial charge in [-0.15, -0.1) is 0 Å². The number of halogens is 1. The third-order valence-electron chi connectivity index (χ3n) is 4.50. The van der Waals surface area contributed by atoms with Gasteiger partial charge < -0.3 is 4.74 Å². The van der Waals surface area contributed by atoms with Crippen LogP contribution in [-0.4, -0.2) is 23.4 Å². The number of amides is 2. The number of rotatable bonds is 4. The first-order valence-electron chi connectivity index (χ1n) is 8.95. The van der Waals surface area contributed by atoms with Crippen molar-refractivity contribution in [2.24, 2.45) is 5.92 Å². The van der Waals surface area contributed by atoms with Crippen molar-refractivity contribution in [3.8, 4) is 0 Å². The summed E-state index contributed by atoms with van der Waals surface area (Å²) >= 11 is 5.92. The quantitative estimate of drug-likeness (QED) is 0.774. The van der Waals surface area contributed by atoms with E-state index >= 15 is 0 Å². The van der Waals surface area contributed by atoms with Crippen LogP contribution in [0.25, 0.3) is 0 Å². The van der Waals surface area contributed by atoms with Crippen molar-refractivity contribution < 1.29 is 19.1 Å². The van der Waals surface area contributed by atoms with Gasteiger partial charge in [-0.05, 0) is 70.1 Å². The summed E-state index contributed by atoms with van der Waals surface area (Å²) in [7, 11) is 0. The van der Waals surface area contributed by atoms with E-state index in [1.807, 2.05) is 24.3 Å². The third-order valence-corrected chi connectivity index (χ3v) is 4.75.